The fraction of sp³-hybridized carbons (Fsp3) is 0.286. The van der Waals surface area contributed by atoms with Crippen LogP contribution < -0.4 is 10.5 Å². The van der Waals surface area contributed by atoms with Gasteiger partial charge in [0.05, 0.1) is 19.4 Å². The van der Waals surface area contributed by atoms with Crippen molar-refractivity contribution in [2.75, 3.05) is 6.61 Å². The summed E-state index contributed by atoms with van der Waals surface area (Å²) < 4.78 is 10.8. The van der Waals surface area contributed by atoms with E-state index < -0.39 is 0 Å². The van der Waals surface area contributed by atoms with E-state index in [0.29, 0.717) is 6.54 Å². The molecule has 2 rings (SSSR count). The van der Waals surface area contributed by atoms with Gasteiger partial charge in [-0.1, -0.05) is 19.1 Å². The van der Waals surface area contributed by atoms with E-state index in [1.54, 1.807) is 6.26 Å². The molecule has 0 saturated carbocycles. The van der Waals surface area contributed by atoms with Gasteiger partial charge >= 0.3 is 0 Å². The Morgan fingerprint density at radius 2 is 1.94 bits per heavy atom. The molecule has 0 atom stereocenters. The van der Waals surface area contributed by atoms with Crippen molar-refractivity contribution in [3.8, 4) is 16.9 Å². The monoisotopic (exact) mass is 231 g/mol. The molecule has 2 N–H and O–H groups in total. The second-order valence-corrected chi connectivity index (χ2v) is 3.83. The highest BCUT2D eigenvalue weighted by molar-refractivity contribution is 5.66. The summed E-state index contributed by atoms with van der Waals surface area (Å²) in [5.41, 5.74) is 7.76. The topological polar surface area (TPSA) is 48.4 Å². The summed E-state index contributed by atoms with van der Waals surface area (Å²) in [7, 11) is 0. The Morgan fingerprint density at radius 1 is 1.18 bits per heavy atom. The van der Waals surface area contributed by atoms with Crippen LogP contribution in [0.4, 0.5) is 0 Å². The van der Waals surface area contributed by atoms with Crippen molar-refractivity contribution < 1.29 is 9.15 Å². The molecule has 0 unspecified atom stereocenters. The van der Waals surface area contributed by atoms with E-state index in [9.17, 15) is 0 Å². The predicted octanol–water partition coefficient (Wildman–Crippen LogP) is 3.19. The van der Waals surface area contributed by atoms with Crippen molar-refractivity contribution in [2.24, 2.45) is 5.73 Å². The van der Waals surface area contributed by atoms with Gasteiger partial charge in [-0.25, -0.2) is 0 Å². The third-order valence-electron chi connectivity index (χ3n) is 2.57. The zero-order valence-corrected chi connectivity index (χ0v) is 9.98. The molecule has 0 radical (unpaired) electrons. The average Bonchev–Trinajstić information content (AvgIpc) is 2.85. The highest BCUT2D eigenvalue weighted by Crippen LogP contribution is 2.26. The SMILES string of the molecule is CCCOc1ccc(-c2ccoc2CN)cc1. The molecule has 0 aliphatic carbocycles. The summed E-state index contributed by atoms with van der Waals surface area (Å²) in [6.07, 6.45) is 2.68. The van der Waals surface area contributed by atoms with Crippen molar-refractivity contribution in [1.29, 1.82) is 0 Å². The van der Waals surface area contributed by atoms with Gasteiger partial charge in [-0.3, -0.25) is 0 Å². The van der Waals surface area contributed by atoms with Crippen LogP contribution in [-0.2, 0) is 6.54 Å². The maximum atomic E-state index is 5.61. The first-order valence-corrected chi connectivity index (χ1v) is 5.84. The van der Waals surface area contributed by atoms with Crippen LogP contribution in [0.15, 0.2) is 41.0 Å². The molecule has 1 aromatic carbocycles. The third-order valence-corrected chi connectivity index (χ3v) is 2.57. The summed E-state index contributed by atoms with van der Waals surface area (Å²) in [6.45, 7) is 3.25. The standard InChI is InChI=1S/C14H17NO2/c1-2-8-16-12-5-3-11(4-6-12)13-7-9-17-14(13)10-15/h3-7,9H,2,8,10,15H2,1H3. The minimum Gasteiger partial charge on any atom is -0.494 e. The first-order chi connectivity index (χ1) is 8.35. The summed E-state index contributed by atoms with van der Waals surface area (Å²) in [4.78, 5) is 0. The molecule has 0 bridgehead atoms. The molecular formula is C14H17NO2. The van der Waals surface area contributed by atoms with Crippen molar-refractivity contribution in [3.05, 3.63) is 42.4 Å². The maximum Gasteiger partial charge on any atom is 0.125 e. The van der Waals surface area contributed by atoms with Crippen molar-refractivity contribution in [2.45, 2.75) is 19.9 Å². The van der Waals surface area contributed by atoms with Gasteiger partial charge in [0.15, 0.2) is 0 Å². The summed E-state index contributed by atoms with van der Waals surface area (Å²) in [5, 5.41) is 0. The Bertz CT molecular complexity index is 459. The Balaban J connectivity index is 2.17. The molecule has 0 fully saturated rings. The smallest absolute Gasteiger partial charge is 0.125 e. The minimum atomic E-state index is 0.413. The molecule has 3 nitrogen and oxygen atoms in total. The van der Waals surface area contributed by atoms with E-state index in [0.717, 1.165) is 35.7 Å². The van der Waals surface area contributed by atoms with E-state index in [2.05, 4.69) is 6.92 Å². The first kappa shape index (κ1) is 11.7. The van der Waals surface area contributed by atoms with Gasteiger partial charge in [0, 0.05) is 5.56 Å². The van der Waals surface area contributed by atoms with Gasteiger partial charge in [-0.15, -0.1) is 0 Å². The number of benzene rings is 1. The van der Waals surface area contributed by atoms with Gasteiger partial charge in [0.1, 0.15) is 11.5 Å². The second-order valence-electron chi connectivity index (χ2n) is 3.83. The zero-order chi connectivity index (χ0) is 12.1. The van der Waals surface area contributed by atoms with Gasteiger partial charge in [-0.05, 0) is 30.2 Å². The van der Waals surface area contributed by atoms with Crippen LogP contribution >= 0.6 is 0 Å². The van der Waals surface area contributed by atoms with Gasteiger partial charge in [-0.2, -0.15) is 0 Å². The molecule has 17 heavy (non-hydrogen) atoms. The van der Waals surface area contributed by atoms with Gasteiger partial charge < -0.3 is 14.9 Å². The molecule has 90 valence electrons. The molecule has 1 aromatic heterocycles. The molecule has 1 heterocycles. The van der Waals surface area contributed by atoms with E-state index in [4.69, 9.17) is 14.9 Å². The van der Waals surface area contributed by atoms with Crippen LogP contribution in [0, 0.1) is 0 Å². The lowest BCUT2D eigenvalue weighted by molar-refractivity contribution is 0.317. The van der Waals surface area contributed by atoms with E-state index in [-0.39, 0.29) is 0 Å². The summed E-state index contributed by atoms with van der Waals surface area (Å²) >= 11 is 0. The van der Waals surface area contributed by atoms with E-state index in [1.165, 1.54) is 0 Å². The number of ether oxygens (including phenoxy) is 1. The molecule has 2 aromatic rings. The lowest BCUT2D eigenvalue weighted by atomic mass is 10.1. The molecule has 3 heteroatoms. The summed E-state index contributed by atoms with van der Waals surface area (Å²) in [5.74, 6) is 1.71. The molecule has 0 saturated heterocycles. The van der Waals surface area contributed by atoms with Crippen LogP contribution in [-0.4, -0.2) is 6.61 Å². The number of furan rings is 1. The highest BCUT2D eigenvalue weighted by Gasteiger charge is 2.06. The fourth-order valence-electron chi connectivity index (χ4n) is 1.71. The highest BCUT2D eigenvalue weighted by atomic mass is 16.5. The Labute approximate surface area is 101 Å². The fourth-order valence-corrected chi connectivity index (χ4v) is 1.71. The van der Waals surface area contributed by atoms with Gasteiger partial charge in [0.2, 0.25) is 0 Å². The van der Waals surface area contributed by atoms with Crippen LogP contribution in [0.3, 0.4) is 0 Å². The van der Waals surface area contributed by atoms with Crippen LogP contribution in [0.1, 0.15) is 19.1 Å². The van der Waals surface area contributed by atoms with Crippen LogP contribution in [0.2, 0.25) is 0 Å². The normalized spacial score (nSPS) is 10.5. The maximum absolute atomic E-state index is 5.61. The van der Waals surface area contributed by atoms with Crippen molar-refractivity contribution >= 4 is 0 Å². The molecule has 0 amide bonds. The zero-order valence-electron chi connectivity index (χ0n) is 9.98. The Kier molecular flexibility index (Phi) is 3.83. The number of rotatable bonds is 5. The number of hydrogen-bond donors (Lipinski definition) is 1. The minimum absolute atomic E-state index is 0.413. The lowest BCUT2D eigenvalue weighted by Gasteiger charge is -2.05. The molecular weight excluding hydrogens is 214 g/mol. The lowest BCUT2D eigenvalue weighted by Crippen LogP contribution is -1.96. The van der Waals surface area contributed by atoms with Crippen molar-refractivity contribution in [3.63, 3.8) is 0 Å². The largest absolute Gasteiger partial charge is 0.494 e. The molecule has 0 aliphatic heterocycles. The van der Waals surface area contributed by atoms with Crippen molar-refractivity contribution in [1.82, 2.24) is 0 Å². The number of hydrogen-bond acceptors (Lipinski definition) is 3. The van der Waals surface area contributed by atoms with E-state index >= 15 is 0 Å². The van der Waals surface area contributed by atoms with Crippen LogP contribution in [0.5, 0.6) is 5.75 Å². The Hall–Kier alpha value is -1.74. The number of nitrogens with two attached hydrogens (primary N) is 1. The van der Waals surface area contributed by atoms with Gasteiger partial charge in [0.25, 0.3) is 0 Å². The van der Waals surface area contributed by atoms with Crippen LogP contribution in [0.25, 0.3) is 11.1 Å². The quantitative estimate of drug-likeness (QED) is 0.859. The Morgan fingerprint density at radius 3 is 2.59 bits per heavy atom. The predicted molar refractivity (Wildman–Crippen MR) is 67.8 cm³/mol. The average molecular weight is 231 g/mol. The summed E-state index contributed by atoms with van der Waals surface area (Å²) in [6, 6.07) is 9.92. The second kappa shape index (κ2) is 5.55. The third kappa shape index (κ3) is 2.68. The molecule has 0 spiro atoms. The van der Waals surface area contributed by atoms with E-state index in [1.807, 2.05) is 30.3 Å². The first-order valence-electron chi connectivity index (χ1n) is 5.84. The molecule has 0 aliphatic rings.